The van der Waals surface area contributed by atoms with Crippen molar-refractivity contribution >= 4 is 33.2 Å². The fraction of sp³-hybridized carbons (Fsp3) is 0. The van der Waals surface area contributed by atoms with Crippen LogP contribution in [-0.4, -0.2) is 16.1 Å². The van der Waals surface area contributed by atoms with Gasteiger partial charge in [-0.1, -0.05) is 30.3 Å². The fourth-order valence-electron chi connectivity index (χ4n) is 1.80. The van der Waals surface area contributed by atoms with Crippen LogP contribution in [0, 0.1) is 0 Å². The third-order valence-corrected chi connectivity index (χ3v) is 4.35. The van der Waals surface area contributed by atoms with Gasteiger partial charge in [0.15, 0.2) is 10.8 Å². The van der Waals surface area contributed by atoms with Crippen LogP contribution in [0.2, 0.25) is 0 Å². The average molecular weight is 350 g/mol. The summed E-state index contributed by atoms with van der Waals surface area (Å²) in [4.78, 5) is 16.0. The number of hydrogen-bond acceptors (Lipinski definition) is 4. The molecule has 3 rings (SSSR count). The topological polar surface area (TPSA) is 63.3 Å². The van der Waals surface area contributed by atoms with Gasteiger partial charge in [-0.25, -0.2) is 9.78 Å². The van der Waals surface area contributed by atoms with Gasteiger partial charge in [0, 0.05) is 5.56 Å². The molecule has 20 heavy (non-hydrogen) atoms. The number of nitrogens with zero attached hydrogens (tertiary/aromatic N) is 1. The first-order chi connectivity index (χ1) is 9.66. The lowest BCUT2D eigenvalue weighted by Gasteiger charge is -1.97. The highest BCUT2D eigenvalue weighted by molar-refractivity contribution is 9.10. The molecule has 2 heterocycles. The highest BCUT2D eigenvalue weighted by Gasteiger charge is 2.21. The SMILES string of the molecule is O=C(O)c1sc(-c2occc2Br)nc1-c1ccccc1. The predicted molar refractivity (Wildman–Crippen MR) is 79.9 cm³/mol. The van der Waals surface area contributed by atoms with Crippen LogP contribution >= 0.6 is 27.3 Å². The molecule has 0 spiro atoms. The summed E-state index contributed by atoms with van der Waals surface area (Å²) < 4.78 is 6.09. The molecule has 6 heteroatoms. The molecule has 0 fully saturated rings. The van der Waals surface area contributed by atoms with Crippen LogP contribution in [0.15, 0.2) is 51.6 Å². The Morgan fingerprint density at radius 3 is 2.60 bits per heavy atom. The average Bonchev–Trinajstić information content (AvgIpc) is 3.05. The molecule has 2 aromatic heterocycles. The summed E-state index contributed by atoms with van der Waals surface area (Å²) in [5.41, 5.74) is 1.23. The summed E-state index contributed by atoms with van der Waals surface area (Å²) in [5, 5.41) is 9.88. The number of carboxylic acid groups (broad SMARTS) is 1. The molecule has 3 aromatic rings. The second kappa shape index (κ2) is 5.22. The number of aromatic nitrogens is 1. The normalized spacial score (nSPS) is 10.7. The molecule has 0 bridgehead atoms. The zero-order valence-electron chi connectivity index (χ0n) is 10.0. The van der Waals surface area contributed by atoms with Crippen molar-refractivity contribution in [2.45, 2.75) is 0 Å². The number of benzene rings is 1. The van der Waals surface area contributed by atoms with E-state index in [0.29, 0.717) is 16.5 Å². The number of aromatic carboxylic acids is 1. The van der Waals surface area contributed by atoms with Crippen molar-refractivity contribution in [1.82, 2.24) is 4.98 Å². The van der Waals surface area contributed by atoms with E-state index in [9.17, 15) is 9.90 Å². The van der Waals surface area contributed by atoms with Crippen molar-refractivity contribution in [2.24, 2.45) is 0 Å². The highest BCUT2D eigenvalue weighted by atomic mass is 79.9. The maximum atomic E-state index is 11.4. The number of carbonyl (C=O) groups is 1. The Labute approximate surface area is 126 Å². The molecular weight excluding hydrogens is 342 g/mol. The first-order valence-corrected chi connectivity index (χ1v) is 7.30. The largest absolute Gasteiger partial charge is 0.477 e. The molecule has 1 N–H and O–H groups in total. The molecule has 0 radical (unpaired) electrons. The smallest absolute Gasteiger partial charge is 0.348 e. The van der Waals surface area contributed by atoms with Crippen LogP contribution in [0.4, 0.5) is 0 Å². The van der Waals surface area contributed by atoms with E-state index < -0.39 is 5.97 Å². The number of hydrogen-bond donors (Lipinski definition) is 1. The highest BCUT2D eigenvalue weighted by Crippen LogP contribution is 2.37. The van der Waals surface area contributed by atoms with E-state index in [2.05, 4.69) is 20.9 Å². The number of carboxylic acids is 1. The third kappa shape index (κ3) is 2.28. The lowest BCUT2D eigenvalue weighted by molar-refractivity contribution is 0.0702. The van der Waals surface area contributed by atoms with Crippen LogP contribution in [0.1, 0.15) is 9.67 Å². The van der Waals surface area contributed by atoms with Gasteiger partial charge < -0.3 is 9.52 Å². The van der Waals surface area contributed by atoms with E-state index in [1.165, 1.54) is 6.26 Å². The van der Waals surface area contributed by atoms with E-state index in [0.717, 1.165) is 21.4 Å². The quantitative estimate of drug-likeness (QED) is 0.754. The Kier molecular flexibility index (Phi) is 3.42. The summed E-state index contributed by atoms with van der Waals surface area (Å²) in [5.74, 6) is -0.449. The molecule has 0 aliphatic heterocycles. The number of halogens is 1. The molecule has 4 nitrogen and oxygen atoms in total. The Morgan fingerprint density at radius 1 is 1.25 bits per heavy atom. The Morgan fingerprint density at radius 2 is 2.00 bits per heavy atom. The molecule has 1 aromatic carbocycles. The van der Waals surface area contributed by atoms with Crippen molar-refractivity contribution in [3.63, 3.8) is 0 Å². The van der Waals surface area contributed by atoms with Gasteiger partial charge in [-0.15, -0.1) is 11.3 Å². The van der Waals surface area contributed by atoms with Crippen LogP contribution in [0.3, 0.4) is 0 Å². The van der Waals surface area contributed by atoms with Crippen LogP contribution in [-0.2, 0) is 0 Å². The van der Waals surface area contributed by atoms with Crippen LogP contribution < -0.4 is 0 Å². The van der Waals surface area contributed by atoms with E-state index >= 15 is 0 Å². The Bertz CT molecular complexity index is 764. The lowest BCUT2D eigenvalue weighted by atomic mass is 10.1. The second-order valence-electron chi connectivity index (χ2n) is 3.97. The van der Waals surface area contributed by atoms with Crippen molar-refractivity contribution in [1.29, 1.82) is 0 Å². The van der Waals surface area contributed by atoms with Gasteiger partial charge in [0.25, 0.3) is 0 Å². The van der Waals surface area contributed by atoms with Gasteiger partial charge in [-0.3, -0.25) is 0 Å². The third-order valence-electron chi connectivity index (χ3n) is 2.68. The predicted octanol–water partition coefficient (Wildman–Crippen LogP) is 4.53. The van der Waals surface area contributed by atoms with E-state index in [-0.39, 0.29) is 4.88 Å². The van der Waals surface area contributed by atoms with E-state index in [1.54, 1.807) is 6.07 Å². The maximum absolute atomic E-state index is 11.4. The van der Waals surface area contributed by atoms with E-state index in [4.69, 9.17) is 4.42 Å². The second-order valence-corrected chi connectivity index (χ2v) is 5.82. The monoisotopic (exact) mass is 349 g/mol. The van der Waals surface area contributed by atoms with Crippen molar-refractivity contribution < 1.29 is 14.3 Å². The lowest BCUT2D eigenvalue weighted by Crippen LogP contribution is -1.95. The first-order valence-electron chi connectivity index (χ1n) is 5.69. The summed E-state index contributed by atoms with van der Waals surface area (Å²) in [7, 11) is 0. The van der Waals surface area contributed by atoms with Gasteiger partial charge in [-0.2, -0.15) is 0 Å². The number of thiazole rings is 1. The van der Waals surface area contributed by atoms with Crippen molar-refractivity contribution in [2.75, 3.05) is 0 Å². The first kappa shape index (κ1) is 13.1. The zero-order chi connectivity index (χ0) is 14.1. The van der Waals surface area contributed by atoms with E-state index in [1.807, 2.05) is 30.3 Å². The molecule has 0 saturated heterocycles. The summed E-state index contributed by atoms with van der Waals surface area (Å²) in [6.45, 7) is 0. The molecule has 100 valence electrons. The molecule has 0 unspecified atom stereocenters. The minimum atomic E-state index is -0.990. The van der Waals surface area contributed by atoms with Crippen LogP contribution in [0.25, 0.3) is 22.0 Å². The zero-order valence-corrected chi connectivity index (χ0v) is 12.4. The van der Waals surface area contributed by atoms with Crippen LogP contribution in [0.5, 0.6) is 0 Å². The molecular formula is C14H8BrNO3S. The Hall–Kier alpha value is -1.92. The van der Waals surface area contributed by atoms with Crippen molar-refractivity contribution in [3.05, 3.63) is 52.0 Å². The Balaban J connectivity index is 2.18. The molecule has 0 saturated carbocycles. The molecule has 0 atom stereocenters. The minimum Gasteiger partial charge on any atom is -0.477 e. The maximum Gasteiger partial charge on any atom is 0.348 e. The van der Waals surface area contributed by atoms with Gasteiger partial charge in [0.1, 0.15) is 4.88 Å². The molecule has 0 aliphatic carbocycles. The molecule has 0 amide bonds. The van der Waals surface area contributed by atoms with Crippen molar-refractivity contribution in [3.8, 4) is 22.0 Å². The molecule has 0 aliphatic rings. The summed E-state index contributed by atoms with van der Waals surface area (Å²) in [6, 6.07) is 11.0. The summed E-state index contributed by atoms with van der Waals surface area (Å²) >= 11 is 4.46. The van der Waals surface area contributed by atoms with Gasteiger partial charge in [0.05, 0.1) is 16.4 Å². The van der Waals surface area contributed by atoms with Gasteiger partial charge in [0.2, 0.25) is 0 Å². The van der Waals surface area contributed by atoms with Gasteiger partial charge >= 0.3 is 5.97 Å². The minimum absolute atomic E-state index is 0.203. The number of furan rings is 1. The standard InChI is InChI=1S/C14H8BrNO3S/c15-9-6-7-19-11(9)13-16-10(12(20-13)14(17)18)8-4-2-1-3-5-8/h1-7H,(H,17,18). The van der Waals surface area contributed by atoms with Gasteiger partial charge in [-0.05, 0) is 22.0 Å². The summed E-state index contributed by atoms with van der Waals surface area (Å²) in [6.07, 6.45) is 1.53. The number of rotatable bonds is 3. The fourth-order valence-corrected chi connectivity index (χ4v) is 3.25.